The fourth-order valence-electron chi connectivity index (χ4n) is 1.25. The summed E-state index contributed by atoms with van der Waals surface area (Å²) in [6.07, 6.45) is 10.9. The molecule has 2 nitrogen and oxygen atoms in total. The van der Waals surface area contributed by atoms with Gasteiger partial charge in [0.15, 0.2) is 6.29 Å². The van der Waals surface area contributed by atoms with Gasteiger partial charge in [-0.1, -0.05) is 50.3 Å². The summed E-state index contributed by atoms with van der Waals surface area (Å²) in [6.45, 7) is 11.3. The van der Waals surface area contributed by atoms with E-state index in [1.807, 2.05) is 19.1 Å². The third-order valence-electron chi connectivity index (χ3n) is 2.08. The number of ether oxygens (including phenoxy) is 2. The molecule has 0 aromatic rings. The van der Waals surface area contributed by atoms with Crippen LogP contribution in [0, 0.1) is 0 Å². The highest BCUT2D eigenvalue weighted by Gasteiger charge is 2.07. The van der Waals surface area contributed by atoms with Gasteiger partial charge in [-0.15, -0.1) is 0 Å². The molecule has 98 valence electrons. The largest absolute Gasteiger partial charge is 0.348 e. The van der Waals surface area contributed by atoms with Gasteiger partial charge in [0, 0.05) is 6.42 Å². The van der Waals surface area contributed by atoms with E-state index in [2.05, 4.69) is 32.6 Å². The van der Waals surface area contributed by atoms with E-state index in [0.29, 0.717) is 13.2 Å². The van der Waals surface area contributed by atoms with Crippen LogP contribution in [0.4, 0.5) is 0 Å². The molecule has 0 aliphatic rings. The lowest BCUT2D eigenvalue weighted by molar-refractivity contribution is -0.125. The Kier molecular flexibility index (Phi) is 11.0. The van der Waals surface area contributed by atoms with E-state index in [-0.39, 0.29) is 6.29 Å². The molecule has 0 saturated carbocycles. The van der Waals surface area contributed by atoms with Gasteiger partial charge in [0.2, 0.25) is 0 Å². The predicted octanol–water partition coefficient (Wildman–Crippen LogP) is 4.24. The topological polar surface area (TPSA) is 18.5 Å². The summed E-state index contributed by atoms with van der Waals surface area (Å²) in [6, 6.07) is 0. The van der Waals surface area contributed by atoms with E-state index in [1.54, 1.807) is 0 Å². The van der Waals surface area contributed by atoms with Crippen LogP contribution in [0.2, 0.25) is 0 Å². The van der Waals surface area contributed by atoms with Gasteiger partial charge in [0.1, 0.15) is 0 Å². The Balaban J connectivity index is 3.91. The molecule has 0 aromatic carbocycles. The van der Waals surface area contributed by atoms with Crippen LogP contribution < -0.4 is 0 Å². The number of hydrogen-bond acceptors (Lipinski definition) is 2. The molecule has 0 radical (unpaired) electrons. The molecule has 0 aromatic heterocycles. The molecule has 0 bridgehead atoms. The molecule has 0 aliphatic heterocycles. The Morgan fingerprint density at radius 2 is 1.47 bits per heavy atom. The summed E-state index contributed by atoms with van der Waals surface area (Å²) < 4.78 is 11.3. The molecule has 2 heteroatoms. The monoisotopic (exact) mass is 238 g/mol. The minimum absolute atomic E-state index is 0.185. The van der Waals surface area contributed by atoms with Gasteiger partial charge in [-0.3, -0.25) is 0 Å². The van der Waals surface area contributed by atoms with Crippen LogP contribution in [0.15, 0.2) is 36.5 Å². The molecule has 0 fully saturated rings. The lowest BCUT2D eigenvalue weighted by Crippen LogP contribution is -2.18. The van der Waals surface area contributed by atoms with Crippen LogP contribution in [0.5, 0.6) is 0 Å². The Hall–Kier alpha value is -0.860. The third kappa shape index (κ3) is 11.4. The van der Waals surface area contributed by atoms with Crippen molar-refractivity contribution in [3.63, 3.8) is 0 Å². The zero-order valence-corrected chi connectivity index (χ0v) is 11.4. The van der Waals surface area contributed by atoms with Crippen LogP contribution in [0.3, 0.4) is 0 Å². The van der Waals surface area contributed by atoms with Crippen molar-refractivity contribution in [3.8, 4) is 0 Å². The molecule has 0 aliphatic carbocycles. The van der Waals surface area contributed by atoms with Crippen LogP contribution in [0.1, 0.15) is 40.0 Å². The van der Waals surface area contributed by atoms with E-state index in [1.165, 1.54) is 0 Å². The smallest absolute Gasteiger partial charge is 0.162 e. The Labute approximate surface area is 106 Å². The number of allylic oxidation sites excluding steroid dienone is 2. The van der Waals surface area contributed by atoms with Gasteiger partial charge >= 0.3 is 0 Å². The maximum atomic E-state index is 5.63. The highest BCUT2D eigenvalue weighted by Crippen LogP contribution is 2.08. The number of hydrogen-bond donors (Lipinski definition) is 0. The van der Waals surface area contributed by atoms with Crippen molar-refractivity contribution in [1.82, 2.24) is 0 Å². The highest BCUT2D eigenvalue weighted by atomic mass is 16.7. The standard InChI is InChI=1S/C15H26O2/c1-5-7-9-11-16-15(13-14(3)4)17-12-10-8-6-2/h7-10,15H,3,5-6,11-13H2,1-2,4H3/b9-7-,10-8-. The summed E-state index contributed by atoms with van der Waals surface area (Å²) >= 11 is 0. The third-order valence-corrected chi connectivity index (χ3v) is 2.08. The Bertz CT molecular complexity index is 223. The van der Waals surface area contributed by atoms with Crippen molar-refractivity contribution in [2.45, 2.75) is 46.3 Å². The lowest BCUT2D eigenvalue weighted by atomic mass is 10.2. The van der Waals surface area contributed by atoms with Crippen LogP contribution in [-0.4, -0.2) is 19.5 Å². The van der Waals surface area contributed by atoms with Crippen molar-refractivity contribution in [1.29, 1.82) is 0 Å². The fraction of sp³-hybridized carbons (Fsp3) is 0.600. The van der Waals surface area contributed by atoms with E-state index >= 15 is 0 Å². The molecule has 0 spiro atoms. The Morgan fingerprint density at radius 1 is 1.00 bits per heavy atom. The predicted molar refractivity (Wildman–Crippen MR) is 74.0 cm³/mol. The molecular formula is C15H26O2. The molecule has 17 heavy (non-hydrogen) atoms. The van der Waals surface area contributed by atoms with Gasteiger partial charge in [-0.05, 0) is 19.8 Å². The molecular weight excluding hydrogens is 212 g/mol. The van der Waals surface area contributed by atoms with Gasteiger partial charge in [-0.2, -0.15) is 0 Å². The maximum absolute atomic E-state index is 5.63. The first-order valence-electron chi connectivity index (χ1n) is 6.38. The van der Waals surface area contributed by atoms with Gasteiger partial charge in [-0.25, -0.2) is 0 Å². The molecule has 0 unspecified atom stereocenters. The molecule has 0 heterocycles. The summed E-state index contributed by atoms with van der Waals surface area (Å²) in [5.41, 5.74) is 1.08. The summed E-state index contributed by atoms with van der Waals surface area (Å²) in [5.74, 6) is 0. The first-order chi connectivity index (χ1) is 8.20. The van der Waals surface area contributed by atoms with Crippen molar-refractivity contribution >= 4 is 0 Å². The second-order valence-corrected chi connectivity index (χ2v) is 4.02. The summed E-state index contributed by atoms with van der Waals surface area (Å²) in [5, 5.41) is 0. The second-order valence-electron chi connectivity index (χ2n) is 4.02. The summed E-state index contributed by atoms with van der Waals surface area (Å²) in [7, 11) is 0. The SMILES string of the molecule is C=C(C)CC(OC/C=C\CC)OC/C=C\CC. The van der Waals surface area contributed by atoms with E-state index in [4.69, 9.17) is 9.47 Å². The lowest BCUT2D eigenvalue weighted by Gasteiger charge is -2.16. The minimum Gasteiger partial charge on any atom is -0.348 e. The van der Waals surface area contributed by atoms with E-state index in [0.717, 1.165) is 24.8 Å². The first-order valence-corrected chi connectivity index (χ1v) is 6.38. The van der Waals surface area contributed by atoms with Crippen LogP contribution in [-0.2, 0) is 9.47 Å². The minimum atomic E-state index is -0.185. The van der Waals surface area contributed by atoms with Crippen molar-refractivity contribution < 1.29 is 9.47 Å². The Morgan fingerprint density at radius 3 is 1.82 bits per heavy atom. The van der Waals surface area contributed by atoms with Crippen molar-refractivity contribution in [2.75, 3.05) is 13.2 Å². The molecule has 0 rings (SSSR count). The van der Waals surface area contributed by atoms with E-state index in [9.17, 15) is 0 Å². The fourth-order valence-corrected chi connectivity index (χ4v) is 1.25. The van der Waals surface area contributed by atoms with Gasteiger partial charge in [0.25, 0.3) is 0 Å². The second kappa shape index (κ2) is 11.6. The number of rotatable bonds is 10. The van der Waals surface area contributed by atoms with E-state index < -0.39 is 0 Å². The molecule has 0 atom stereocenters. The average molecular weight is 238 g/mol. The van der Waals surface area contributed by atoms with Gasteiger partial charge < -0.3 is 9.47 Å². The normalized spacial score (nSPS) is 12.0. The van der Waals surface area contributed by atoms with Crippen LogP contribution in [0.25, 0.3) is 0 Å². The van der Waals surface area contributed by atoms with Gasteiger partial charge in [0.05, 0.1) is 13.2 Å². The molecule has 0 saturated heterocycles. The summed E-state index contributed by atoms with van der Waals surface area (Å²) in [4.78, 5) is 0. The first kappa shape index (κ1) is 16.1. The molecule has 0 amide bonds. The zero-order valence-electron chi connectivity index (χ0n) is 11.4. The average Bonchev–Trinajstić information content (AvgIpc) is 2.29. The van der Waals surface area contributed by atoms with Crippen molar-refractivity contribution in [3.05, 3.63) is 36.5 Å². The van der Waals surface area contributed by atoms with Crippen LogP contribution >= 0.6 is 0 Å². The van der Waals surface area contributed by atoms with Crippen molar-refractivity contribution in [2.24, 2.45) is 0 Å². The zero-order chi connectivity index (χ0) is 12.9. The highest BCUT2D eigenvalue weighted by molar-refractivity contribution is 4.90. The molecule has 0 N–H and O–H groups in total. The quantitative estimate of drug-likeness (QED) is 0.418. The maximum Gasteiger partial charge on any atom is 0.162 e.